The molecule has 1 heterocycles. The SMILES string of the molecule is CC(=O)Nc1ccc(S(=O)(=O)NC(C)C(=O)NNC(=O)c2ccc(-n3cnnn3)cc2)cc1. The van der Waals surface area contributed by atoms with Gasteiger partial charge in [0.15, 0.2) is 0 Å². The molecule has 1 atom stereocenters. The third-order valence-electron chi connectivity index (χ3n) is 4.25. The molecule has 0 aliphatic carbocycles. The van der Waals surface area contributed by atoms with E-state index in [1.807, 2.05) is 0 Å². The highest BCUT2D eigenvalue weighted by Crippen LogP contribution is 2.14. The number of tetrazole rings is 1. The topological polar surface area (TPSA) is 177 Å². The van der Waals surface area contributed by atoms with Gasteiger partial charge in [-0.15, -0.1) is 5.10 Å². The quantitative estimate of drug-likeness (QED) is 0.340. The zero-order chi connectivity index (χ0) is 24.0. The third-order valence-corrected chi connectivity index (χ3v) is 5.81. The summed E-state index contributed by atoms with van der Waals surface area (Å²) in [5.74, 6) is -1.66. The van der Waals surface area contributed by atoms with Crippen molar-refractivity contribution in [1.82, 2.24) is 35.8 Å². The molecule has 172 valence electrons. The van der Waals surface area contributed by atoms with Gasteiger partial charge in [0.1, 0.15) is 6.33 Å². The van der Waals surface area contributed by atoms with Crippen molar-refractivity contribution in [3.05, 3.63) is 60.4 Å². The number of amides is 3. The fraction of sp³-hybridized carbons (Fsp3) is 0.158. The van der Waals surface area contributed by atoms with Crippen molar-refractivity contribution in [1.29, 1.82) is 0 Å². The second-order valence-electron chi connectivity index (χ2n) is 6.79. The molecule has 3 aromatic rings. The lowest BCUT2D eigenvalue weighted by atomic mass is 10.2. The molecule has 0 aliphatic heterocycles. The van der Waals surface area contributed by atoms with Gasteiger partial charge in [0.2, 0.25) is 15.9 Å². The standard InChI is InChI=1S/C19H20N8O5S/c1-12(24-33(31,32)17-9-5-15(6-10-17)21-13(2)28)18(29)22-23-19(30)14-3-7-16(8-4-14)27-11-20-25-26-27/h3-12,24H,1-2H3,(H,21,28)(H,22,29)(H,23,30). The summed E-state index contributed by atoms with van der Waals surface area (Å²) in [6.45, 7) is 2.66. The van der Waals surface area contributed by atoms with Gasteiger partial charge in [-0.25, -0.2) is 13.1 Å². The minimum atomic E-state index is -4.02. The maximum atomic E-state index is 12.5. The van der Waals surface area contributed by atoms with E-state index in [1.165, 1.54) is 61.3 Å². The van der Waals surface area contributed by atoms with Crippen LogP contribution in [0.25, 0.3) is 5.69 Å². The summed E-state index contributed by atoms with van der Waals surface area (Å²) in [6.07, 6.45) is 1.40. The molecule has 3 amide bonds. The van der Waals surface area contributed by atoms with Crippen LogP contribution in [0, 0.1) is 0 Å². The zero-order valence-electron chi connectivity index (χ0n) is 17.5. The van der Waals surface area contributed by atoms with E-state index in [0.717, 1.165) is 0 Å². The molecule has 33 heavy (non-hydrogen) atoms. The Morgan fingerprint density at radius 3 is 2.21 bits per heavy atom. The average molecular weight is 472 g/mol. The van der Waals surface area contributed by atoms with E-state index in [1.54, 1.807) is 12.1 Å². The molecule has 13 nitrogen and oxygen atoms in total. The first-order chi connectivity index (χ1) is 15.7. The number of benzene rings is 2. The van der Waals surface area contributed by atoms with Gasteiger partial charge in [0, 0.05) is 18.2 Å². The summed E-state index contributed by atoms with van der Waals surface area (Å²) in [4.78, 5) is 35.5. The summed E-state index contributed by atoms with van der Waals surface area (Å²) >= 11 is 0. The molecule has 2 aromatic carbocycles. The van der Waals surface area contributed by atoms with Crippen LogP contribution in [0.1, 0.15) is 24.2 Å². The van der Waals surface area contributed by atoms with Crippen LogP contribution in [0.2, 0.25) is 0 Å². The number of carbonyl (C=O) groups is 3. The lowest BCUT2D eigenvalue weighted by Crippen LogP contribution is -2.51. The van der Waals surface area contributed by atoms with Crippen LogP contribution in [0.15, 0.2) is 59.8 Å². The minimum Gasteiger partial charge on any atom is -0.326 e. The smallest absolute Gasteiger partial charge is 0.269 e. The maximum Gasteiger partial charge on any atom is 0.269 e. The lowest BCUT2D eigenvalue weighted by molar-refractivity contribution is -0.123. The van der Waals surface area contributed by atoms with E-state index >= 15 is 0 Å². The monoisotopic (exact) mass is 472 g/mol. The second kappa shape index (κ2) is 9.97. The highest BCUT2D eigenvalue weighted by Gasteiger charge is 2.22. The second-order valence-corrected chi connectivity index (χ2v) is 8.51. The van der Waals surface area contributed by atoms with Gasteiger partial charge in [-0.2, -0.15) is 4.72 Å². The lowest BCUT2D eigenvalue weighted by Gasteiger charge is -2.15. The van der Waals surface area contributed by atoms with E-state index in [4.69, 9.17) is 0 Å². The summed E-state index contributed by atoms with van der Waals surface area (Å²) in [6, 6.07) is 10.5. The van der Waals surface area contributed by atoms with Crippen LogP contribution in [0.3, 0.4) is 0 Å². The van der Waals surface area contributed by atoms with E-state index in [-0.39, 0.29) is 16.4 Å². The largest absolute Gasteiger partial charge is 0.326 e. The van der Waals surface area contributed by atoms with Crippen LogP contribution < -0.4 is 20.9 Å². The Bertz CT molecular complexity index is 1240. The Morgan fingerprint density at radius 2 is 1.64 bits per heavy atom. The molecule has 0 fully saturated rings. The van der Waals surface area contributed by atoms with Crippen LogP contribution in [0.5, 0.6) is 0 Å². The Hall–Kier alpha value is -4.17. The maximum absolute atomic E-state index is 12.5. The fourth-order valence-corrected chi connectivity index (χ4v) is 3.82. The van der Waals surface area contributed by atoms with Gasteiger partial charge >= 0.3 is 0 Å². The Morgan fingerprint density at radius 1 is 0.970 bits per heavy atom. The molecule has 0 spiro atoms. The first kappa shape index (κ1) is 23.5. The van der Waals surface area contributed by atoms with E-state index < -0.39 is 27.9 Å². The van der Waals surface area contributed by atoms with Gasteiger partial charge in [-0.05, 0) is 65.9 Å². The Balaban J connectivity index is 1.54. The Kier molecular flexibility index (Phi) is 7.10. The minimum absolute atomic E-state index is 0.0945. The van der Waals surface area contributed by atoms with Crippen LogP contribution in [-0.4, -0.2) is 52.4 Å². The number of hydrazine groups is 1. The van der Waals surface area contributed by atoms with Crippen molar-refractivity contribution < 1.29 is 22.8 Å². The van der Waals surface area contributed by atoms with Crippen molar-refractivity contribution in [3.8, 4) is 5.69 Å². The number of anilines is 1. The van der Waals surface area contributed by atoms with Crippen molar-refractivity contribution in [2.45, 2.75) is 24.8 Å². The molecule has 0 saturated heterocycles. The van der Waals surface area contributed by atoms with Gasteiger partial charge in [-0.1, -0.05) is 0 Å². The fourth-order valence-electron chi connectivity index (χ4n) is 2.62. The molecule has 0 bridgehead atoms. The summed E-state index contributed by atoms with van der Waals surface area (Å²) < 4.78 is 28.6. The van der Waals surface area contributed by atoms with Gasteiger partial charge in [0.25, 0.3) is 11.8 Å². The molecule has 0 aliphatic rings. The summed E-state index contributed by atoms with van der Waals surface area (Å²) in [5.41, 5.74) is 5.72. The summed E-state index contributed by atoms with van der Waals surface area (Å²) in [5, 5.41) is 13.3. The van der Waals surface area contributed by atoms with Crippen molar-refractivity contribution in [2.75, 3.05) is 5.32 Å². The molecule has 14 heteroatoms. The number of aromatic nitrogens is 4. The number of nitrogens with one attached hydrogen (secondary N) is 4. The summed E-state index contributed by atoms with van der Waals surface area (Å²) in [7, 11) is -4.02. The third kappa shape index (κ3) is 6.18. The van der Waals surface area contributed by atoms with Crippen LogP contribution in [-0.2, 0) is 19.6 Å². The van der Waals surface area contributed by atoms with E-state index in [9.17, 15) is 22.8 Å². The molecule has 0 saturated carbocycles. The molecular formula is C19H20N8O5S. The molecule has 1 aromatic heterocycles. The number of sulfonamides is 1. The van der Waals surface area contributed by atoms with E-state index in [2.05, 4.69) is 36.4 Å². The molecule has 4 N–H and O–H groups in total. The highest BCUT2D eigenvalue weighted by atomic mass is 32.2. The zero-order valence-corrected chi connectivity index (χ0v) is 18.3. The number of carbonyl (C=O) groups excluding carboxylic acids is 3. The van der Waals surface area contributed by atoms with Crippen molar-refractivity contribution in [2.24, 2.45) is 0 Å². The molecule has 1 unspecified atom stereocenters. The Labute approximate surface area is 188 Å². The first-order valence-corrected chi connectivity index (χ1v) is 11.0. The molecule has 0 radical (unpaired) electrons. The van der Waals surface area contributed by atoms with Gasteiger partial charge in [0.05, 0.1) is 16.6 Å². The number of nitrogens with zero attached hydrogens (tertiary/aromatic N) is 4. The van der Waals surface area contributed by atoms with Gasteiger partial charge < -0.3 is 5.32 Å². The predicted molar refractivity (Wildman–Crippen MR) is 115 cm³/mol. The molecule has 3 rings (SSSR count). The highest BCUT2D eigenvalue weighted by molar-refractivity contribution is 7.89. The molecular weight excluding hydrogens is 452 g/mol. The number of hydrogen-bond donors (Lipinski definition) is 4. The average Bonchev–Trinajstić information content (AvgIpc) is 3.32. The predicted octanol–water partition coefficient (Wildman–Crippen LogP) is -0.251. The number of rotatable bonds is 7. The van der Waals surface area contributed by atoms with E-state index in [0.29, 0.717) is 11.4 Å². The van der Waals surface area contributed by atoms with Crippen molar-refractivity contribution in [3.63, 3.8) is 0 Å². The van der Waals surface area contributed by atoms with Crippen LogP contribution in [0.4, 0.5) is 5.69 Å². The van der Waals surface area contributed by atoms with Crippen molar-refractivity contribution >= 4 is 33.4 Å². The van der Waals surface area contributed by atoms with Gasteiger partial charge in [-0.3, -0.25) is 25.2 Å². The normalized spacial score (nSPS) is 11.9. The number of hydrogen-bond acceptors (Lipinski definition) is 8. The first-order valence-electron chi connectivity index (χ1n) is 9.49. The van der Waals surface area contributed by atoms with Crippen LogP contribution >= 0.6 is 0 Å².